The first-order valence-electron chi connectivity index (χ1n) is 6.49. The van der Waals surface area contributed by atoms with E-state index in [1.807, 2.05) is 42.2 Å². The Hall–Kier alpha value is -1.81. The topological polar surface area (TPSA) is 39.1 Å². The highest BCUT2D eigenvalue weighted by molar-refractivity contribution is 5.35. The van der Waals surface area contributed by atoms with Gasteiger partial charge in [-0.1, -0.05) is 18.2 Å². The van der Waals surface area contributed by atoms with E-state index in [9.17, 15) is 0 Å². The lowest BCUT2D eigenvalue weighted by atomic mass is 10.1. The SMILES string of the molecule is COc1ccccc1C(C)NC(C)c1nccn1C. The van der Waals surface area contributed by atoms with E-state index in [0.717, 1.165) is 17.1 Å². The van der Waals surface area contributed by atoms with E-state index >= 15 is 0 Å². The second kappa shape index (κ2) is 5.89. The van der Waals surface area contributed by atoms with Crippen LogP contribution in [0.15, 0.2) is 36.7 Å². The van der Waals surface area contributed by atoms with E-state index in [2.05, 4.69) is 30.2 Å². The summed E-state index contributed by atoms with van der Waals surface area (Å²) in [6, 6.07) is 8.46. The molecule has 1 aromatic carbocycles. The Morgan fingerprint density at radius 3 is 2.58 bits per heavy atom. The van der Waals surface area contributed by atoms with Crippen LogP contribution in [-0.4, -0.2) is 16.7 Å². The Morgan fingerprint density at radius 1 is 1.21 bits per heavy atom. The molecule has 1 aromatic heterocycles. The van der Waals surface area contributed by atoms with Gasteiger partial charge in [0.2, 0.25) is 0 Å². The predicted octanol–water partition coefficient (Wildman–Crippen LogP) is 2.84. The molecule has 2 atom stereocenters. The number of nitrogens with one attached hydrogen (secondary N) is 1. The number of aromatic nitrogens is 2. The average molecular weight is 259 g/mol. The molecule has 0 aliphatic rings. The van der Waals surface area contributed by atoms with Gasteiger partial charge in [-0.3, -0.25) is 0 Å². The number of methoxy groups -OCH3 is 1. The van der Waals surface area contributed by atoms with Gasteiger partial charge < -0.3 is 14.6 Å². The normalized spacial score (nSPS) is 14.1. The van der Waals surface area contributed by atoms with Crippen LogP contribution >= 0.6 is 0 Å². The number of rotatable bonds is 5. The van der Waals surface area contributed by atoms with Crippen molar-refractivity contribution in [2.24, 2.45) is 7.05 Å². The minimum Gasteiger partial charge on any atom is -0.496 e. The van der Waals surface area contributed by atoms with Crippen LogP contribution in [0.1, 0.15) is 37.3 Å². The van der Waals surface area contributed by atoms with Gasteiger partial charge in [-0.05, 0) is 19.9 Å². The molecule has 2 aromatic rings. The summed E-state index contributed by atoms with van der Waals surface area (Å²) in [5.41, 5.74) is 1.16. The molecule has 0 fully saturated rings. The molecule has 0 saturated heterocycles. The number of hydrogen-bond acceptors (Lipinski definition) is 3. The van der Waals surface area contributed by atoms with E-state index < -0.39 is 0 Å². The van der Waals surface area contributed by atoms with Gasteiger partial charge in [0.05, 0.1) is 13.2 Å². The number of imidazole rings is 1. The molecule has 4 heteroatoms. The minimum atomic E-state index is 0.180. The molecule has 102 valence electrons. The third-order valence-corrected chi connectivity index (χ3v) is 3.35. The van der Waals surface area contributed by atoms with Crippen LogP contribution in [0.3, 0.4) is 0 Å². The van der Waals surface area contributed by atoms with Crippen LogP contribution in [0, 0.1) is 0 Å². The van der Waals surface area contributed by atoms with Gasteiger partial charge in [0, 0.05) is 31.0 Å². The third-order valence-electron chi connectivity index (χ3n) is 3.35. The van der Waals surface area contributed by atoms with Gasteiger partial charge in [0.1, 0.15) is 11.6 Å². The second-order valence-corrected chi connectivity index (χ2v) is 4.75. The summed E-state index contributed by atoms with van der Waals surface area (Å²) in [6.45, 7) is 4.26. The summed E-state index contributed by atoms with van der Waals surface area (Å²) in [7, 11) is 3.71. The molecule has 0 radical (unpaired) electrons. The van der Waals surface area contributed by atoms with Crippen LogP contribution in [0.25, 0.3) is 0 Å². The third kappa shape index (κ3) is 2.96. The van der Waals surface area contributed by atoms with Crippen LogP contribution in [0.2, 0.25) is 0 Å². The fourth-order valence-corrected chi connectivity index (χ4v) is 2.36. The van der Waals surface area contributed by atoms with Crippen LogP contribution in [-0.2, 0) is 7.05 Å². The quantitative estimate of drug-likeness (QED) is 0.897. The van der Waals surface area contributed by atoms with Gasteiger partial charge in [0.25, 0.3) is 0 Å². The molecule has 1 heterocycles. The fraction of sp³-hybridized carbons (Fsp3) is 0.400. The number of ether oxygens (including phenoxy) is 1. The molecule has 2 unspecified atom stereocenters. The molecule has 4 nitrogen and oxygen atoms in total. The Morgan fingerprint density at radius 2 is 1.95 bits per heavy atom. The maximum Gasteiger partial charge on any atom is 0.125 e. The molecule has 0 spiro atoms. The molecular formula is C15H21N3O. The van der Waals surface area contributed by atoms with Crippen molar-refractivity contribution < 1.29 is 4.74 Å². The zero-order valence-corrected chi connectivity index (χ0v) is 11.9. The van der Waals surface area contributed by atoms with Crippen molar-refractivity contribution in [2.75, 3.05) is 7.11 Å². The van der Waals surface area contributed by atoms with Crippen LogP contribution in [0.4, 0.5) is 0 Å². The number of para-hydroxylation sites is 1. The summed E-state index contributed by atoms with van der Waals surface area (Å²) in [5, 5.41) is 3.55. The zero-order chi connectivity index (χ0) is 13.8. The Bertz CT molecular complexity index is 536. The first kappa shape index (κ1) is 13.6. The smallest absolute Gasteiger partial charge is 0.125 e. The first-order chi connectivity index (χ1) is 9.13. The van der Waals surface area contributed by atoms with Crippen molar-refractivity contribution in [2.45, 2.75) is 25.9 Å². The van der Waals surface area contributed by atoms with Crippen molar-refractivity contribution >= 4 is 0 Å². The maximum atomic E-state index is 5.40. The lowest BCUT2D eigenvalue weighted by Gasteiger charge is -2.21. The molecule has 2 rings (SSSR count). The monoisotopic (exact) mass is 259 g/mol. The van der Waals surface area contributed by atoms with Gasteiger partial charge in [0.15, 0.2) is 0 Å². The highest BCUT2D eigenvalue weighted by Gasteiger charge is 2.16. The van der Waals surface area contributed by atoms with Crippen molar-refractivity contribution in [3.8, 4) is 5.75 Å². The number of benzene rings is 1. The number of nitrogens with zero attached hydrogens (tertiary/aromatic N) is 2. The largest absolute Gasteiger partial charge is 0.496 e. The van der Waals surface area contributed by atoms with Gasteiger partial charge in [-0.2, -0.15) is 0 Å². The molecule has 19 heavy (non-hydrogen) atoms. The summed E-state index contributed by atoms with van der Waals surface area (Å²) >= 11 is 0. The number of hydrogen-bond donors (Lipinski definition) is 1. The van der Waals surface area contributed by atoms with E-state index in [1.54, 1.807) is 7.11 Å². The standard InChI is InChI=1S/C15H21N3O/c1-11(13-7-5-6-8-14(13)19-4)17-12(2)15-16-9-10-18(15)3/h5-12,17H,1-4H3. The number of aryl methyl sites for hydroxylation is 1. The zero-order valence-electron chi connectivity index (χ0n) is 11.9. The molecular weight excluding hydrogens is 238 g/mol. The van der Waals surface area contributed by atoms with Crippen molar-refractivity contribution in [3.63, 3.8) is 0 Å². The molecule has 1 N–H and O–H groups in total. The van der Waals surface area contributed by atoms with Gasteiger partial charge in [-0.25, -0.2) is 4.98 Å². The molecule has 0 aliphatic heterocycles. The van der Waals surface area contributed by atoms with Crippen LogP contribution in [0.5, 0.6) is 5.75 Å². The van der Waals surface area contributed by atoms with Crippen molar-refractivity contribution in [1.29, 1.82) is 0 Å². The molecule has 0 saturated carbocycles. The fourth-order valence-electron chi connectivity index (χ4n) is 2.36. The summed E-state index contributed by atoms with van der Waals surface area (Å²) < 4.78 is 7.44. The summed E-state index contributed by atoms with van der Waals surface area (Å²) in [4.78, 5) is 4.37. The van der Waals surface area contributed by atoms with E-state index in [4.69, 9.17) is 4.74 Å². The molecule has 0 bridgehead atoms. The highest BCUT2D eigenvalue weighted by Crippen LogP contribution is 2.26. The lowest BCUT2D eigenvalue weighted by Crippen LogP contribution is -2.25. The lowest BCUT2D eigenvalue weighted by molar-refractivity contribution is 0.394. The summed E-state index contributed by atoms with van der Waals surface area (Å²) in [6.07, 6.45) is 3.78. The van der Waals surface area contributed by atoms with E-state index in [0.29, 0.717) is 0 Å². The van der Waals surface area contributed by atoms with E-state index in [1.165, 1.54) is 0 Å². The Labute approximate surface area is 114 Å². The predicted molar refractivity (Wildman–Crippen MR) is 76.2 cm³/mol. The van der Waals surface area contributed by atoms with Crippen LogP contribution < -0.4 is 10.1 Å². The Kier molecular flexibility index (Phi) is 4.22. The Balaban J connectivity index is 2.13. The molecule has 0 amide bonds. The maximum absolute atomic E-state index is 5.40. The summed E-state index contributed by atoms with van der Waals surface area (Å²) in [5.74, 6) is 1.94. The van der Waals surface area contributed by atoms with E-state index in [-0.39, 0.29) is 12.1 Å². The second-order valence-electron chi connectivity index (χ2n) is 4.75. The van der Waals surface area contributed by atoms with Gasteiger partial charge >= 0.3 is 0 Å². The van der Waals surface area contributed by atoms with Crippen molar-refractivity contribution in [1.82, 2.24) is 14.9 Å². The van der Waals surface area contributed by atoms with Gasteiger partial charge in [-0.15, -0.1) is 0 Å². The first-order valence-corrected chi connectivity index (χ1v) is 6.49. The average Bonchev–Trinajstić information content (AvgIpc) is 2.85. The minimum absolute atomic E-state index is 0.180. The highest BCUT2D eigenvalue weighted by atomic mass is 16.5. The molecule has 0 aliphatic carbocycles. The van der Waals surface area contributed by atoms with Crippen molar-refractivity contribution in [3.05, 3.63) is 48.0 Å².